The van der Waals surface area contributed by atoms with Gasteiger partial charge in [0.05, 0.1) is 19.8 Å². The quantitative estimate of drug-likeness (QED) is 0.335. The molecule has 20 heavy (non-hydrogen) atoms. The monoisotopic (exact) mass is 316 g/mol. The summed E-state index contributed by atoms with van der Waals surface area (Å²) in [4.78, 5) is 28.9. The fourth-order valence-electron chi connectivity index (χ4n) is 1.81. The number of methoxy groups -OCH3 is 2. The first-order chi connectivity index (χ1) is 9.15. The maximum atomic E-state index is 11.7. The minimum absolute atomic E-state index is 0.399. The molecule has 1 heterocycles. The van der Waals surface area contributed by atoms with Crippen LogP contribution in [0.1, 0.15) is 6.42 Å². The van der Waals surface area contributed by atoms with E-state index < -0.39 is 50.9 Å². The van der Waals surface area contributed by atoms with E-state index in [4.69, 9.17) is 19.3 Å². The Bertz CT molecular complexity index is 394. The second-order valence-electron chi connectivity index (χ2n) is 4.15. The largest absolute Gasteiger partial charge is 0.469 e. The Balaban J connectivity index is 2.88. The van der Waals surface area contributed by atoms with Crippen LogP contribution in [0.2, 0.25) is 0 Å². The number of hydrogen-bond donors (Lipinski definition) is 4. The zero-order chi connectivity index (χ0) is 15.6. The average Bonchev–Trinajstić information content (AvgIpc) is 2.38. The van der Waals surface area contributed by atoms with Gasteiger partial charge >= 0.3 is 13.8 Å². The van der Waals surface area contributed by atoms with Crippen LogP contribution in [0.25, 0.3) is 0 Å². The zero-order valence-electron chi connectivity index (χ0n) is 10.8. The predicted octanol–water partition coefficient (Wildman–Crippen LogP) is -1.88. The Hall–Kier alpha value is -0.580. The molecule has 0 bridgehead atoms. The molecule has 0 aromatic carbocycles. The standard InChI is InChI=1S/C9H17O10P/c1-16-8(12)9(17-2)3-5(10)7(11)6(19-9)4-18-20(13,14)15/h5-7,10-11H,3-4H2,1-2H3,(H2,13,14,15)/t5?,6?,7-,9-/m1/s1. The highest BCUT2D eigenvalue weighted by Gasteiger charge is 2.53. The van der Waals surface area contributed by atoms with Crippen molar-refractivity contribution >= 4 is 13.8 Å². The van der Waals surface area contributed by atoms with Gasteiger partial charge in [0.15, 0.2) is 0 Å². The SMILES string of the molecule is COC(=O)[C@@]1(OC)CC(O)[C@@H](O)C(COP(=O)(O)O)O1. The molecule has 1 aliphatic rings. The van der Waals surface area contributed by atoms with Crippen molar-refractivity contribution in [1.82, 2.24) is 0 Å². The van der Waals surface area contributed by atoms with Crippen molar-refractivity contribution < 1.29 is 48.1 Å². The molecular weight excluding hydrogens is 299 g/mol. The summed E-state index contributed by atoms with van der Waals surface area (Å²) in [5.74, 6) is -2.93. The molecule has 2 unspecified atom stereocenters. The minimum Gasteiger partial charge on any atom is -0.465 e. The fourth-order valence-corrected chi connectivity index (χ4v) is 2.15. The van der Waals surface area contributed by atoms with Gasteiger partial charge < -0.3 is 34.2 Å². The Morgan fingerprint density at radius 1 is 1.40 bits per heavy atom. The van der Waals surface area contributed by atoms with E-state index in [1.165, 1.54) is 0 Å². The van der Waals surface area contributed by atoms with E-state index in [1.54, 1.807) is 0 Å². The smallest absolute Gasteiger partial charge is 0.465 e. The average molecular weight is 316 g/mol. The van der Waals surface area contributed by atoms with Crippen LogP contribution in [-0.4, -0.2) is 70.9 Å². The molecule has 118 valence electrons. The number of hydrogen-bond acceptors (Lipinski definition) is 8. The van der Waals surface area contributed by atoms with Crippen LogP contribution < -0.4 is 0 Å². The number of phosphoric acid groups is 1. The normalized spacial score (nSPS) is 34.8. The number of rotatable bonds is 5. The van der Waals surface area contributed by atoms with E-state index in [-0.39, 0.29) is 0 Å². The molecule has 1 saturated heterocycles. The molecular formula is C9H17O10P. The van der Waals surface area contributed by atoms with Crippen LogP contribution in [-0.2, 0) is 28.1 Å². The Morgan fingerprint density at radius 2 is 2.00 bits per heavy atom. The highest BCUT2D eigenvalue weighted by atomic mass is 31.2. The third-order valence-corrected chi connectivity index (χ3v) is 3.31. The molecule has 4 atom stereocenters. The van der Waals surface area contributed by atoms with Crippen LogP contribution in [0.3, 0.4) is 0 Å². The Labute approximate surface area is 114 Å². The third kappa shape index (κ3) is 3.96. The van der Waals surface area contributed by atoms with Gasteiger partial charge in [-0.15, -0.1) is 0 Å². The molecule has 0 radical (unpaired) electrons. The summed E-state index contributed by atoms with van der Waals surface area (Å²) >= 11 is 0. The van der Waals surface area contributed by atoms with Crippen molar-refractivity contribution in [2.24, 2.45) is 0 Å². The van der Waals surface area contributed by atoms with E-state index in [0.29, 0.717) is 0 Å². The van der Waals surface area contributed by atoms with E-state index in [1.807, 2.05) is 0 Å². The van der Waals surface area contributed by atoms with Gasteiger partial charge in [0.1, 0.15) is 12.2 Å². The van der Waals surface area contributed by atoms with E-state index in [9.17, 15) is 19.6 Å². The number of aliphatic hydroxyl groups is 2. The first kappa shape index (κ1) is 17.5. The lowest BCUT2D eigenvalue weighted by atomic mass is 9.95. The van der Waals surface area contributed by atoms with Crippen molar-refractivity contribution in [3.05, 3.63) is 0 Å². The number of aliphatic hydroxyl groups excluding tert-OH is 2. The Kier molecular flexibility index (Phi) is 5.64. The minimum atomic E-state index is -4.79. The van der Waals surface area contributed by atoms with Crippen molar-refractivity contribution in [3.8, 4) is 0 Å². The first-order valence-corrected chi connectivity index (χ1v) is 7.06. The number of carbonyl (C=O) groups excluding carboxylic acids is 1. The van der Waals surface area contributed by atoms with Crippen LogP contribution in [0, 0.1) is 0 Å². The zero-order valence-corrected chi connectivity index (χ0v) is 11.7. The first-order valence-electron chi connectivity index (χ1n) is 5.53. The number of carbonyl (C=O) groups is 1. The molecule has 4 N–H and O–H groups in total. The molecule has 1 fully saturated rings. The lowest BCUT2D eigenvalue weighted by Crippen LogP contribution is -2.60. The van der Waals surface area contributed by atoms with Gasteiger partial charge in [-0.05, 0) is 0 Å². The van der Waals surface area contributed by atoms with Gasteiger partial charge in [-0.1, -0.05) is 0 Å². The second-order valence-corrected chi connectivity index (χ2v) is 5.39. The highest BCUT2D eigenvalue weighted by Crippen LogP contribution is 2.38. The topological polar surface area (TPSA) is 152 Å². The van der Waals surface area contributed by atoms with Crippen molar-refractivity contribution in [3.63, 3.8) is 0 Å². The van der Waals surface area contributed by atoms with Crippen LogP contribution in [0.5, 0.6) is 0 Å². The summed E-state index contributed by atoms with van der Waals surface area (Å²) in [6, 6.07) is 0. The summed E-state index contributed by atoms with van der Waals surface area (Å²) in [5.41, 5.74) is 0. The van der Waals surface area contributed by atoms with Crippen LogP contribution >= 0.6 is 7.82 Å². The summed E-state index contributed by atoms with van der Waals surface area (Å²) in [6.07, 6.45) is -4.71. The highest BCUT2D eigenvalue weighted by molar-refractivity contribution is 7.46. The summed E-state index contributed by atoms with van der Waals surface area (Å²) in [6.45, 7) is -0.745. The van der Waals surface area contributed by atoms with E-state index in [0.717, 1.165) is 14.2 Å². The molecule has 1 aliphatic heterocycles. The molecule has 0 spiro atoms. The fraction of sp³-hybridized carbons (Fsp3) is 0.889. The third-order valence-electron chi connectivity index (χ3n) is 2.83. The van der Waals surface area contributed by atoms with Gasteiger partial charge in [0.25, 0.3) is 5.79 Å². The van der Waals surface area contributed by atoms with Gasteiger partial charge in [-0.2, -0.15) is 0 Å². The molecule has 0 saturated carbocycles. The van der Waals surface area contributed by atoms with E-state index in [2.05, 4.69) is 9.26 Å². The molecule has 1 rings (SSSR count). The lowest BCUT2D eigenvalue weighted by Gasteiger charge is -2.42. The summed E-state index contributed by atoms with van der Waals surface area (Å²) in [5, 5.41) is 19.4. The van der Waals surface area contributed by atoms with Crippen molar-refractivity contribution in [2.75, 3.05) is 20.8 Å². The predicted molar refractivity (Wildman–Crippen MR) is 61.3 cm³/mol. The number of esters is 1. The summed E-state index contributed by atoms with van der Waals surface area (Å²) in [7, 11) is -2.59. The van der Waals surface area contributed by atoms with Gasteiger partial charge in [0.2, 0.25) is 0 Å². The maximum absolute atomic E-state index is 11.7. The van der Waals surface area contributed by atoms with Crippen molar-refractivity contribution in [1.29, 1.82) is 0 Å². The number of phosphoric ester groups is 1. The molecule has 0 aromatic rings. The second kappa shape index (κ2) is 6.46. The van der Waals surface area contributed by atoms with E-state index >= 15 is 0 Å². The summed E-state index contributed by atoms with van der Waals surface area (Å²) < 4.78 is 29.4. The lowest BCUT2D eigenvalue weighted by molar-refractivity contribution is -0.307. The molecule has 10 nitrogen and oxygen atoms in total. The van der Waals surface area contributed by atoms with Crippen molar-refractivity contribution in [2.45, 2.75) is 30.5 Å². The van der Waals surface area contributed by atoms with Gasteiger partial charge in [0, 0.05) is 13.5 Å². The molecule has 0 aromatic heterocycles. The van der Waals surface area contributed by atoms with Crippen LogP contribution in [0.15, 0.2) is 0 Å². The maximum Gasteiger partial charge on any atom is 0.469 e. The number of ether oxygens (including phenoxy) is 3. The molecule has 11 heteroatoms. The molecule has 0 aliphatic carbocycles. The van der Waals surface area contributed by atoms with Gasteiger partial charge in [-0.3, -0.25) is 4.52 Å². The van der Waals surface area contributed by atoms with Crippen LogP contribution in [0.4, 0.5) is 0 Å². The molecule has 0 amide bonds. The van der Waals surface area contributed by atoms with Gasteiger partial charge in [-0.25, -0.2) is 9.36 Å². The Morgan fingerprint density at radius 3 is 2.45 bits per heavy atom.